The van der Waals surface area contributed by atoms with Crippen LogP contribution in [0.2, 0.25) is 0 Å². The zero-order chi connectivity index (χ0) is 17.4. The highest BCUT2D eigenvalue weighted by atomic mass is 32.1. The maximum Gasteiger partial charge on any atom is 0.112 e. The summed E-state index contributed by atoms with van der Waals surface area (Å²) in [5.41, 5.74) is 8.23. The van der Waals surface area contributed by atoms with E-state index >= 15 is 0 Å². The fraction of sp³-hybridized carbons (Fsp3) is 0.444. The van der Waals surface area contributed by atoms with Crippen LogP contribution in [-0.2, 0) is 13.0 Å². The summed E-state index contributed by atoms with van der Waals surface area (Å²) in [5.74, 6) is 0. The monoisotopic (exact) mass is 376 g/mol. The van der Waals surface area contributed by atoms with E-state index < -0.39 is 5.67 Å². The highest BCUT2D eigenvalue weighted by Gasteiger charge is 2.44. The van der Waals surface area contributed by atoms with Gasteiger partial charge in [-0.15, -0.1) is 27.8 Å². The van der Waals surface area contributed by atoms with E-state index in [1.165, 1.54) is 9.75 Å². The first-order valence-electron chi connectivity index (χ1n) is 8.48. The minimum Gasteiger partial charge on any atom is -0.378 e. The minimum atomic E-state index is -1.00. The Labute approximate surface area is 154 Å². The van der Waals surface area contributed by atoms with Crippen LogP contribution in [0, 0.1) is 6.92 Å². The molecule has 1 fully saturated rings. The van der Waals surface area contributed by atoms with Crippen molar-refractivity contribution in [3.05, 3.63) is 39.0 Å². The highest BCUT2D eigenvalue weighted by Crippen LogP contribution is 2.44. The maximum atomic E-state index is 13.9. The van der Waals surface area contributed by atoms with Gasteiger partial charge in [0.2, 0.25) is 0 Å². The van der Waals surface area contributed by atoms with Crippen molar-refractivity contribution in [2.75, 3.05) is 5.32 Å². The van der Waals surface area contributed by atoms with E-state index in [1.54, 1.807) is 28.9 Å². The summed E-state index contributed by atoms with van der Waals surface area (Å²) < 4.78 is 15.1. The average molecular weight is 377 g/mol. The van der Waals surface area contributed by atoms with Gasteiger partial charge < -0.3 is 11.1 Å². The van der Waals surface area contributed by atoms with Gasteiger partial charge >= 0.3 is 0 Å². The van der Waals surface area contributed by atoms with Crippen LogP contribution in [0.5, 0.6) is 0 Å². The van der Waals surface area contributed by atoms with Crippen LogP contribution in [-0.4, -0.2) is 21.9 Å². The number of hydrogen-bond donors (Lipinski definition) is 2. The molecule has 3 N–H and O–H groups in total. The van der Waals surface area contributed by atoms with Crippen molar-refractivity contribution in [2.45, 2.75) is 50.9 Å². The zero-order valence-corrected chi connectivity index (χ0v) is 15.7. The molecule has 1 atom stereocenters. The van der Waals surface area contributed by atoms with E-state index in [1.807, 2.05) is 6.07 Å². The van der Waals surface area contributed by atoms with Crippen molar-refractivity contribution in [3.8, 4) is 0 Å². The molecule has 1 saturated carbocycles. The number of nitrogens with one attached hydrogen (secondary N) is 1. The first-order valence-corrected chi connectivity index (χ1v) is 10.2. The number of halogens is 1. The van der Waals surface area contributed by atoms with Gasteiger partial charge in [-0.25, -0.2) is 4.39 Å². The standard InChI is InChI=1S/C18H21FN4S2/c1-11-15(7-12(20)8-18(19)4-5-18)25-17-14(10-22-23-16(11)17)21-9-13-3-2-6-24-13/h2-3,6,10,12H,4-5,7-9,20H2,1H3,(H,21,23)/t12-/m0/s1. The van der Waals surface area contributed by atoms with Gasteiger partial charge in [-0.1, -0.05) is 6.07 Å². The van der Waals surface area contributed by atoms with Gasteiger partial charge in [-0.2, -0.15) is 5.10 Å². The molecule has 7 heteroatoms. The summed E-state index contributed by atoms with van der Waals surface area (Å²) in [6.07, 6.45) is 4.25. The largest absolute Gasteiger partial charge is 0.378 e. The Hall–Kier alpha value is -1.57. The van der Waals surface area contributed by atoms with Crippen molar-refractivity contribution in [2.24, 2.45) is 5.73 Å². The van der Waals surface area contributed by atoms with E-state index in [0.29, 0.717) is 25.7 Å². The molecular weight excluding hydrogens is 355 g/mol. The van der Waals surface area contributed by atoms with Gasteiger partial charge in [0.25, 0.3) is 0 Å². The number of fused-ring (bicyclic) bond motifs is 1. The van der Waals surface area contributed by atoms with E-state index in [-0.39, 0.29) is 6.04 Å². The van der Waals surface area contributed by atoms with Gasteiger partial charge in [0, 0.05) is 22.3 Å². The first-order chi connectivity index (χ1) is 12.0. The number of aryl methyl sites for hydroxylation is 1. The highest BCUT2D eigenvalue weighted by molar-refractivity contribution is 7.19. The van der Waals surface area contributed by atoms with Gasteiger partial charge in [0.1, 0.15) is 11.2 Å². The molecular formula is C18H21FN4S2. The summed E-state index contributed by atoms with van der Waals surface area (Å²) in [4.78, 5) is 2.46. The molecule has 0 bridgehead atoms. The van der Waals surface area contributed by atoms with Crippen LogP contribution >= 0.6 is 22.7 Å². The van der Waals surface area contributed by atoms with Gasteiger partial charge in [-0.3, -0.25) is 0 Å². The second kappa shape index (κ2) is 6.63. The lowest BCUT2D eigenvalue weighted by Gasteiger charge is -2.13. The van der Waals surface area contributed by atoms with E-state index in [9.17, 15) is 4.39 Å². The summed E-state index contributed by atoms with van der Waals surface area (Å²) in [7, 11) is 0. The number of rotatable bonds is 7. The molecule has 1 aliphatic rings. The molecule has 4 nitrogen and oxygen atoms in total. The summed E-state index contributed by atoms with van der Waals surface area (Å²) in [5, 5.41) is 14.0. The zero-order valence-electron chi connectivity index (χ0n) is 14.1. The molecule has 3 aromatic heterocycles. The van der Waals surface area contributed by atoms with Crippen molar-refractivity contribution < 1.29 is 4.39 Å². The molecule has 0 amide bonds. The molecule has 0 aliphatic heterocycles. The fourth-order valence-corrected chi connectivity index (χ4v) is 5.06. The third-order valence-electron chi connectivity index (χ3n) is 4.70. The predicted octanol–water partition coefficient (Wildman–Crippen LogP) is 4.44. The number of nitrogens with two attached hydrogens (primary N) is 1. The SMILES string of the molecule is Cc1c(C[C@H](N)CC2(F)CC2)sc2c(NCc3cccs3)cnnc12. The Morgan fingerprint density at radius 2 is 2.28 bits per heavy atom. The van der Waals surface area contributed by atoms with Crippen molar-refractivity contribution in [3.63, 3.8) is 0 Å². The molecule has 4 rings (SSSR count). The molecule has 1 aliphatic carbocycles. The van der Waals surface area contributed by atoms with Crippen LogP contribution in [0.4, 0.5) is 10.1 Å². The van der Waals surface area contributed by atoms with E-state index in [4.69, 9.17) is 5.73 Å². The van der Waals surface area contributed by atoms with Crippen LogP contribution in [0.25, 0.3) is 10.2 Å². The van der Waals surface area contributed by atoms with Gasteiger partial charge in [0.15, 0.2) is 0 Å². The second-order valence-corrected chi connectivity index (χ2v) is 8.98. The average Bonchev–Trinajstić information content (AvgIpc) is 2.99. The number of aromatic nitrogens is 2. The number of alkyl halides is 1. The van der Waals surface area contributed by atoms with Crippen molar-refractivity contribution >= 4 is 38.6 Å². The lowest BCUT2D eigenvalue weighted by atomic mass is 10.0. The lowest BCUT2D eigenvalue weighted by Crippen LogP contribution is -2.27. The molecule has 0 radical (unpaired) electrons. The number of thiophene rings is 2. The molecule has 0 saturated heterocycles. The van der Waals surface area contributed by atoms with Gasteiger partial charge in [0.05, 0.1) is 16.6 Å². The predicted molar refractivity (Wildman–Crippen MR) is 103 cm³/mol. The smallest absolute Gasteiger partial charge is 0.112 e. The van der Waals surface area contributed by atoms with Crippen molar-refractivity contribution in [1.82, 2.24) is 10.2 Å². The molecule has 132 valence electrons. The van der Waals surface area contributed by atoms with Crippen molar-refractivity contribution in [1.29, 1.82) is 0 Å². The topological polar surface area (TPSA) is 63.8 Å². The molecule has 0 aromatic carbocycles. The lowest BCUT2D eigenvalue weighted by molar-refractivity contribution is 0.270. The van der Waals surface area contributed by atoms with Crippen LogP contribution in [0.3, 0.4) is 0 Å². The number of hydrogen-bond acceptors (Lipinski definition) is 6. The third kappa shape index (κ3) is 3.68. The Bertz CT molecular complexity index is 871. The number of nitrogens with zero attached hydrogens (tertiary/aromatic N) is 2. The molecule has 25 heavy (non-hydrogen) atoms. The molecule has 0 spiro atoms. The molecule has 3 heterocycles. The van der Waals surface area contributed by atoms with Gasteiger partial charge in [-0.05, 0) is 49.6 Å². The normalized spacial score (nSPS) is 16.9. The van der Waals surface area contributed by atoms with Crippen LogP contribution < -0.4 is 11.1 Å². The quantitative estimate of drug-likeness (QED) is 0.640. The summed E-state index contributed by atoms with van der Waals surface area (Å²) >= 11 is 3.43. The number of anilines is 1. The molecule has 3 aromatic rings. The Morgan fingerprint density at radius 3 is 3.00 bits per heavy atom. The summed E-state index contributed by atoms with van der Waals surface area (Å²) in [6.45, 7) is 2.83. The Morgan fingerprint density at radius 1 is 1.44 bits per heavy atom. The minimum absolute atomic E-state index is 0.144. The Balaban J connectivity index is 1.54. The van der Waals surface area contributed by atoms with Crippen LogP contribution in [0.15, 0.2) is 23.7 Å². The van der Waals surface area contributed by atoms with E-state index in [2.05, 4.69) is 33.9 Å². The second-order valence-electron chi connectivity index (χ2n) is 6.84. The third-order valence-corrected chi connectivity index (χ3v) is 6.92. The Kier molecular flexibility index (Phi) is 4.47. The molecule has 0 unspecified atom stereocenters. The first kappa shape index (κ1) is 16.9. The maximum absolute atomic E-state index is 13.9. The summed E-state index contributed by atoms with van der Waals surface area (Å²) in [6, 6.07) is 4.02. The fourth-order valence-electron chi connectivity index (χ4n) is 3.09. The van der Waals surface area contributed by atoms with E-state index in [0.717, 1.165) is 28.0 Å². The van der Waals surface area contributed by atoms with Crippen LogP contribution in [0.1, 0.15) is 34.6 Å².